The van der Waals surface area contributed by atoms with E-state index in [2.05, 4.69) is 0 Å². The van der Waals surface area contributed by atoms with Crippen molar-refractivity contribution >= 4 is 5.91 Å². The van der Waals surface area contributed by atoms with Crippen LogP contribution in [-0.4, -0.2) is 17.9 Å². The molecule has 0 bridgehead atoms. The van der Waals surface area contributed by atoms with Gasteiger partial charge in [-0.25, -0.2) is 17.6 Å². The van der Waals surface area contributed by atoms with Gasteiger partial charge in [0, 0.05) is 31.3 Å². The van der Waals surface area contributed by atoms with Crippen LogP contribution >= 0.6 is 0 Å². The zero-order valence-corrected chi connectivity index (χ0v) is 11.0. The van der Waals surface area contributed by atoms with Crippen molar-refractivity contribution in [1.82, 2.24) is 4.90 Å². The Morgan fingerprint density at radius 3 is 2.10 bits per heavy atom. The van der Waals surface area contributed by atoms with Crippen LogP contribution in [-0.2, 0) is 6.54 Å². The molecule has 0 N–H and O–H groups in total. The summed E-state index contributed by atoms with van der Waals surface area (Å²) in [7, 11) is 1.34. The van der Waals surface area contributed by atoms with Crippen LogP contribution in [0.2, 0.25) is 0 Å². The number of hydrogen-bond acceptors (Lipinski definition) is 1. The minimum atomic E-state index is -0.994. The summed E-state index contributed by atoms with van der Waals surface area (Å²) in [6, 6.07) is 5.55. The van der Waals surface area contributed by atoms with E-state index < -0.39 is 29.2 Å². The lowest BCUT2D eigenvalue weighted by Gasteiger charge is -2.18. The van der Waals surface area contributed by atoms with Gasteiger partial charge in [0.25, 0.3) is 5.91 Å². The second-order valence-electron chi connectivity index (χ2n) is 4.52. The quantitative estimate of drug-likeness (QED) is 0.794. The predicted octanol–water partition coefficient (Wildman–Crippen LogP) is 3.52. The highest BCUT2D eigenvalue weighted by Gasteiger charge is 2.18. The monoisotopic (exact) mass is 297 g/mol. The number of hydrogen-bond donors (Lipinski definition) is 0. The average molecular weight is 297 g/mol. The predicted molar refractivity (Wildman–Crippen MR) is 68.5 cm³/mol. The van der Waals surface area contributed by atoms with E-state index >= 15 is 0 Å². The third-order valence-corrected chi connectivity index (χ3v) is 2.93. The minimum Gasteiger partial charge on any atom is -0.337 e. The first kappa shape index (κ1) is 15.0. The molecule has 0 atom stereocenters. The maximum absolute atomic E-state index is 13.5. The summed E-state index contributed by atoms with van der Waals surface area (Å²) in [5.74, 6) is -4.04. The van der Waals surface area contributed by atoms with E-state index in [9.17, 15) is 22.4 Å². The molecule has 0 saturated heterocycles. The van der Waals surface area contributed by atoms with Gasteiger partial charge in [0.2, 0.25) is 0 Å². The van der Waals surface area contributed by atoms with Crippen molar-refractivity contribution in [1.29, 1.82) is 0 Å². The standard InChI is InChI=1S/C15H11F4NO/c1-20(8-9-2-3-10(16)6-13(9)18)15(21)12-5-4-11(17)7-14(12)19/h2-7H,8H2,1H3. The summed E-state index contributed by atoms with van der Waals surface area (Å²) in [6.07, 6.45) is 0. The van der Waals surface area contributed by atoms with Gasteiger partial charge in [0.05, 0.1) is 5.56 Å². The highest BCUT2D eigenvalue weighted by molar-refractivity contribution is 5.94. The molecule has 2 rings (SSSR count). The molecule has 0 saturated carbocycles. The summed E-state index contributed by atoms with van der Waals surface area (Å²) in [5.41, 5.74) is -0.226. The Labute approximate surface area is 118 Å². The molecule has 21 heavy (non-hydrogen) atoms. The minimum absolute atomic E-state index is 0.0924. The van der Waals surface area contributed by atoms with E-state index in [0.717, 1.165) is 23.1 Å². The van der Waals surface area contributed by atoms with Gasteiger partial charge in [-0.15, -0.1) is 0 Å². The molecule has 2 nitrogen and oxygen atoms in total. The molecular formula is C15H11F4NO. The molecule has 0 aromatic heterocycles. The van der Waals surface area contributed by atoms with Gasteiger partial charge in [0.1, 0.15) is 23.3 Å². The van der Waals surface area contributed by atoms with Gasteiger partial charge in [-0.05, 0) is 18.2 Å². The molecule has 0 aliphatic carbocycles. The molecule has 0 spiro atoms. The molecule has 0 aliphatic heterocycles. The van der Waals surface area contributed by atoms with Crippen LogP contribution in [0.25, 0.3) is 0 Å². The fraction of sp³-hybridized carbons (Fsp3) is 0.133. The summed E-state index contributed by atoms with van der Waals surface area (Å²) >= 11 is 0. The number of carbonyl (C=O) groups excluding carboxylic acids is 1. The Bertz CT molecular complexity index is 687. The van der Waals surface area contributed by atoms with Crippen LogP contribution < -0.4 is 0 Å². The van der Waals surface area contributed by atoms with Crippen molar-refractivity contribution in [3.05, 3.63) is 70.8 Å². The number of carbonyl (C=O) groups is 1. The molecule has 0 unspecified atom stereocenters. The molecule has 0 aliphatic rings. The van der Waals surface area contributed by atoms with Crippen LogP contribution in [0.15, 0.2) is 36.4 Å². The second-order valence-corrected chi connectivity index (χ2v) is 4.52. The Hall–Kier alpha value is -2.37. The normalized spacial score (nSPS) is 10.5. The summed E-state index contributed by atoms with van der Waals surface area (Å²) in [6.45, 7) is -0.165. The zero-order valence-electron chi connectivity index (χ0n) is 11.0. The van der Waals surface area contributed by atoms with E-state index in [1.807, 2.05) is 0 Å². The molecule has 0 fully saturated rings. The molecule has 0 radical (unpaired) electrons. The van der Waals surface area contributed by atoms with E-state index in [-0.39, 0.29) is 17.7 Å². The van der Waals surface area contributed by atoms with Crippen molar-refractivity contribution in [3.8, 4) is 0 Å². The highest BCUT2D eigenvalue weighted by atomic mass is 19.1. The SMILES string of the molecule is CN(Cc1ccc(F)cc1F)C(=O)c1ccc(F)cc1F. The second kappa shape index (κ2) is 5.95. The lowest BCUT2D eigenvalue weighted by Crippen LogP contribution is -2.27. The zero-order chi connectivity index (χ0) is 15.6. The van der Waals surface area contributed by atoms with Crippen LogP contribution in [0.1, 0.15) is 15.9 Å². The van der Waals surface area contributed by atoms with E-state index in [0.29, 0.717) is 12.1 Å². The van der Waals surface area contributed by atoms with Crippen molar-refractivity contribution in [3.63, 3.8) is 0 Å². The van der Waals surface area contributed by atoms with Crippen molar-refractivity contribution in [2.45, 2.75) is 6.54 Å². The molecule has 1 amide bonds. The molecule has 2 aromatic rings. The van der Waals surface area contributed by atoms with Crippen LogP contribution in [0, 0.1) is 23.3 Å². The topological polar surface area (TPSA) is 20.3 Å². The summed E-state index contributed by atoms with van der Waals surface area (Å²) in [4.78, 5) is 13.1. The summed E-state index contributed by atoms with van der Waals surface area (Å²) in [5, 5.41) is 0. The molecule has 6 heteroatoms. The van der Waals surface area contributed by atoms with E-state index in [4.69, 9.17) is 0 Å². The molecular weight excluding hydrogens is 286 g/mol. The molecule has 2 aromatic carbocycles. The maximum atomic E-state index is 13.5. The number of rotatable bonds is 3. The Morgan fingerprint density at radius 1 is 0.952 bits per heavy atom. The van der Waals surface area contributed by atoms with Gasteiger partial charge in [0.15, 0.2) is 0 Å². The average Bonchev–Trinajstić information content (AvgIpc) is 2.41. The van der Waals surface area contributed by atoms with Crippen LogP contribution in [0.5, 0.6) is 0 Å². The van der Waals surface area contributed by atoms with Crippen molar-refractivity contribution in [2.24, 2.45) is 0 Å². The Morgan fingerprint density at radius 2 is 1.52 bits per heavy atom. The number of halogens is 4. The van der Waals surface area contributed by atoms with Crippen molar-refractivity contribution < 1.29 is 22.4 Å². The first-order valence-electron chi connectivity index (χ1n) is 6.03. The lowest BCUT2D eigenvalue weighted by molar-refractivity contribution is 0.0779. The largest absolute Gasteiger partial charge is 0.337 e. The lowest BCUT2D eigenvalue weighted by atomic mass is 10.1. The molecule has 110 valence electrons. The fourth-order valence-corrected chi connectivity index (χ4v) is 1.85. The fourth-order valence-electron chi connectivity index (χ4n) is 1.85. The van der Waals surface area contributed by atoms with Gasteiger partial charge in [-0.2, -0.15) is 0 Å². The highest BCUT2D eigenvalue weighted by Crippen LogP contribution is 2.15. The smallest absolute Gasteiger partial charge is 0.256 e. The van der Waals surface area contributed by atoms with E-state index in [1.54, 1.807) is 0 Å². The number of nitrogens with zero attached hydrogens (tertiary/aromatic N) is 1. The number of amides is 1. The van der Waals surface area contributed by atoms with Gasteiger partial charge < -0.3 is 4.90 Å². The Kier molecular flexibility index (Phi) is 4.26. The van der Waals surface area contributed by atoms with Gasteiger partial charge >= 0.3 is 0 Å². The third-order valence-electron chi connectivity index (χ3n) is 2.93. The first-order valence-corrected chi connectivity index (χ1v) is 6.03. The molecule has 0 heterocycles. The Balaban J connectivity index is 2.19. The third kappa shape index (κ3) is 3.39. The van der Waals surface area contributed by atoms with Crippen LogP contribution in [0.3, 0.4) is 0 Å². The van der Waals surface area contributed by atoms with E-state index in [1.165, 1.54) is 13.1 Å². The van der Waals surface area contributed by atoms with Crippen molar-refractivity contribution in [2.75, 3.05) is 7.05 Å². The maximum Gasteiger partial charge on any atom is 0.256 e. The first-order chi connectivity index (χ1) is 9.88. The van der Waals surface area contributed by atoms with Gasteiger partial charge in [-0.3, -0.25) is 4.79 Å². The van der Waals surface area contributed by atoms with Crippen LogP contribution in [0.4, 0.5) is 17.6 Å². The number of benzene rings is 2. The van der Waals surface area contributed by atoms with Gasteiger partial charge in [-0.1, -0.05) is 6.07 Å². The summed E-state index contributed by atoms with van der Waals surface area (Å²) < 4.78 is 52.6.